The maximum absolute atomic E-state index is 11.1. The number of aliphatic hydroxyl groups is 2. The van der Waals surface area contributed by atoms with Crippen molar-refractivity contribution in [2.75, 3.05) is 33.6 Å². The summed E-state index contributed by atoms with van der Waals surface area (Å²) in [7, 11) is -2.20. The monoisotopic (exact) mass is 315 g/mol. The fourth-order valence-electron chi connectivity index (χ4n) is 1.70. The molecule has 1 rings (SSSR count). The standard InChI is InChI=1S/C10H22NO8P/c1-16-3-4-17-10-7(11)9(13)8(12)6(19-10)5-18-20(2,14)15/h6-10,12-13H,3-5,11H2,1-2H3,(H,14,15). The van der Waals surface area contributed by atoms with Gasteiger partial charge in [0.05, 0.1) is 25.9 Å². The second-order valence-corrected chi connectivity index (χ2v) is 6.43. The lowest BCUT2D eigenvalue weighted by Gasteiger charge is -2.40. The molecule has 1 fully saturated rings. The number of ether oxygens (including phenoxy) is 3. The van der Waals surface area contributed by atoms with Gasteiger partial charge in [-0.1, -0.05) is 0 Å². The highest BCUT2D eigenvalue weighted by Crippen LogP contribution is 2.37. The van der Waals surface area contributed by atoms with Crippen LogP contribution in [-0.4, -0.2) is 79.3 Å². The maximum atomic E-state index is 11.1. The minimum atomic E-state index is -3.70. The van der Waals surface area contributed by atoms with E-state index in [0.717, 1.165) is 6.66 Å². The van der Waals surface area contributed by atoms with Gasteiger partial charge in [0.1, 0.15) is 18.3 Å². The van der Waals surface area contributed by atoms with Crippen molar-refractivity contribution < 1.29 is 38.4 Å². The van der Waals surface area contributed by atoms with E-state index in [9.17, 15) is 14.8 Å². The molecule has 0 saturated carbocycles. The van der Waals surface area contributed by atoms with Crippen LogP contribution in [0.5, 0.6) is 0 Å². The highest BCUT2D eigenvalue weighted by atomic mass is 31.2. The van der Waals surface area contributed by atoms with Crippen molar-refractivity contribution >= 4 is 7.60 Å². The van der Waals surface area contributed by atoms with Gasteiger partial charge in [-0.3, -0.25) is 4.57 Å². The van der Waals surface area contributed by atoms with Crippen LogP contribution < -0.4 is 5.73 Å². The molecule has 0 aromatic heterocycles. The highest BCUT2D eigenvalue weighted by molar-refractivity contribution is 7.51. The van der Waals surface area contributed by atoms with E-state index in [4.69, 9.17) is 29.4 Å². The van der Waals surface area contributed by atoms with Crippen LogP contribution in [0.4, 0.5) is 0 Å². The quantitative estimate of drug-likeness (QED) is 0.318. The Bertz CT molecular complexity index is 337. The molecule has 6 unspecified atom stereocenters. The molecular formula is C10H22NO8P. The first kappa shape index (κ1) is 18.0. The normalized spacial score (nSPS) is 37.6. The van der Waals surface area contributed by atoms with Gasteiger partial charge in [-0.15, -0.1) is 0 Å². The average molecular weight is 315 g/mol. The molecule has 1 aliphatic heterocycles. The third-order valence-corrected chi connectivity index (χ3v) is 3.42. The van der Waals surface area contributed by atoms with Crippen LogP contribution in [0.1, 0.15) is 0 Å². The molecule has 120 valence electrons. The van der Waals surface area contributed by atoms with Crippen molar-refractivity contribution in [3.63, 3.8) is 0 Å². The summed E-state index contributed by atoms with van der Waals surface area (Å²) in [5, 5.41) is 19.6. The molecule has 0 bridgehead atoms. The Morgan fingerprint density at radius 3 is 2.50 bits per heavy atom. The molecule has 0 amide bonds. The fourth-order valence-corrected chi connectivity index (χ4v) is 2.12. The van der Waals surface area contributed by atoms with Gasteiger partial charge in [0.15, 0.2) is 6.29 Å². The Hall–Kier alpha value is -0.0900. The zero-order valence-electron chi connectivity index (χ0n) is 11.4. The van der Waals surface area contributed by atoms with Crippen molar-refractivity contribution in [3.05, 3.63) is 0 Å². The van der Waals surface area contributed by atoms with Gasteiger partial charge in [0.25, 0.3) is 0 Å². The summed E-state index contributed by atoms with van der Waals surface area (Å²) in [4.78, 5) is 9.05. The minimum absolute atomic E-state index is 0.192. The summed E-state index contributed by atoms with van der Waals surface area (Å²) in [6.45, 7) is 1.15. The molecule has 0 aromatic rings. The predicted octanol–water partition coefficient (Wildman–Crippen LogP) is -1.74. The number of hydrogen-bond acceptors (Lipinski definition) is 8. The van der Waals surface area contributed by atoms with Crippen LogP contribution in [0.2, 0.25) is 0 Å². The van der Waals surface area contributed by atoms with E-state index in [1.807, 2.05) is 0 Å². The smallest absolute Gasteiger partial charge is 0.325 e. The van der Waals surface area contributed by atoms with Gasteiger partial charge >= 0.3 is 7.60 Å². The molecule has 20 heavy (non-hydrogen) atoms. The molecule has 0 aliphatic carbocycles. The lowest BCUT2D eigenvalue weighted by Crippen LogP contribution is -2.62. The van der Waals surface area contributed by atoms with Crippen molar-refractivity contribution in [3.8, 4) is 0 Å². The lowest BCUT2D eigenvalue weighted by molar-refractivity contribution is -0.266. The van der Waals surface area contributed by atoms with Crippen LogP contribution in [-0.2, 0) is 23.3 Å². The molecule has 6 atom stereocenters. The summed E-state index contributed by atoms with van der Waals surface area (Å²) in [6, 6.07) is -0.944. The fraction of sp³-hybridized carbons (Fsp3) is 1.00. The Morgan fingerprint density at radius 2 is 1.95 bits per heavy atom. The van der Waals surface area contributed by atoms with Gasteiger partial charge in [-0.05, 0) is 0 Å². The SMILES string of the molecule is COCCOC1OC(COP(C)(=O)O)C(O)C(O)C1N. The van der Waals surface area contributed by atoms with Gasteiger partial charge in [0.2, 0.25) is 0 Å². The molecule has 10 heteroatoms. The number of nitrogens with two attached hydrogens (primary N) is 1. The van der Waals surface area contributed by atoms with Crippen LogP contribution in [0.3, 0.4) is 0 Å². The third kappa shape index (κ3) is 5.36. The van der Waals surface area contributed by atoms with Crippen molar-refractivity contribution in [1.82, 2.24) is 0 Å². The number of hydrogen-bond donors (Lipinski definition) is 4. The highest BCUT2D eigenvalue weighted by Gasteiger charge is 2.43. The van der Waals surface area contributed by atoms with Crippen molar-refractivity contribution in [2.45, 2.75) is 30.6 Å². The van der Waals surface area contributed by atoms with Crippen molar-refractivity contribution in [2.24, 2.45) is 5.73 Å². The van der Waals surface area contributed by atoms with Gasteiger partial charge in [0, 0.05) is 13.8 Å². The van der Waals surface area contributed by atoms with Gasteiger partial charge in [-0.2, -0.15) is 0 Å². The van der Waals surface area contributed by atoms with Crippen LogP contribution in [0.25, 0.3) is 0 Å². The van der Waals surface area contributed by atoms with Gasteiger partial charge in [-0.25, -0.2) is 0 Å². The molecule has 1 saturated heterocycles. The molecule has 1 aliphatic rings. The first-order chi connectivity index (χ1) is 9.26. The van der Waals surface area contributed by atoms with E-state index in [0.29, 0.717) is 6.61 Å². The predicted molar refractivity (Wildman–Crippen MR) is 68.2 cm³/mol. The summed E-state index contributed by atoms with van der Waals surface area (Å²) < 4.78 is 31.2. The first-order valence-corrected chi connectivity index (χ1v) is 8.11. The van der Waals surface area contributed by atoms with E-state index in [1.54, 1.807) is 0 Å². The summed E-state index contributed by atoms with van der Waals surface area (Å²) in [5.74, 6) is 0. The maximum Gasteiger partial charge on any atom is 0.325 e. The Labute approximate surface area is 117 Å². The van der Waals surface area contributed by atoms with Crippen LogP contribution >= 0.6 is 7.60 Å². The molecular weight excluding hydrogens is 293 g/mol. The van der Waals surface area contributed by atoms with E-state index >= 15 is 0 Å². The van der Waals surface area contributed by atoms with E-state index in [-0.39, 0.29) is 13.2 Å². The molecule has 0 radical (unpaired) electrons. The topological polar surface area (TPSA) is 141 Å². The molecule has 1 heterocycles. The van der Waals surface area contributed by atoms with Crippen LogP contribution in [0.15, 0.2) is 0 Å². The second-order valence-electron chi connectivity index (χ2n) is 4.56. The van der Waals surface area contributed by atoms with Crippen molar-refractivity contribution in [1.29, 1.82) is 0 Å². The van der Waals surface area contributed by atoms with E-state index in [2.05, 4.69) is 0 Å². The third-order valence-electron chi connectivity index (χ3n) is 2.80. The average Bonchev–Trinajstić information content (AvgIpc) is 2.36. The zero-order chi connectivity index (χ0) is 15.3. The largest absolute Gasteiger partial charge is 0.388 e. The zero-order valence-corrected chi connectivity index (χ0v) is 12.3. The van der Waals surface area contributed by atoms with E-state index < -0.39 is 38.2 Å². The Kier molecular flexibility index (Phi) is 6.99. The minimum Gasteiger partial charge on any atom is -0.388 e. The van der Waals surface area contributed by atoms with E-state index in [1.165, 1.54) is 7.11 Å². The van der Waals surface area contributed by atoms with Crippen LogP contribution in [0, 0.1) is 0 Å². The molecule has 5 N–H and O–H groups in total. The summed E-state index contributed by atoms with van der Waals surface area (Å²) in [6.07, 6.45) is -4.61. The molecule has 9 nitrogen and oxygen atoms in total. The lowest BCUT2D eigenvalue weighted by atomic mass is 9.98. The molecule has 0 spiro atoms. The number of aliphatic hydroxyl groups excluding tert-OH is 2. The first-order valence-electron chi connectivity index (χ1n) is 6.09. The molecule has 0 aromatic carbocycles. The number of rotatable bonds is 7. The summed E-state index contributed by atoms with van der Waals surface area (Å²) in [5.41, 5.74) is 5.69. The van der Waals surface area contributed by atoms with Gasteiger partial charge < -0.3 is 39.6 Å². The Morgan fingerprint density at radius 1 is 1.30 bits per heavy atom. The summed E-state index contributed by atoms with van der Waals surface area (Å²) >= 11 is 0. The second kappa shape index (κ2) is 7.79. The number of methoxy groups -OCH3 is 1. The Balaban J connectivity index is 2.58.